The Balaban J connectivity index is 2.06. The van der Waals surface area contributed by atoms with E-state index in [9.17, 15) is 0 Å². The second kappa shape index (κ2) is 4.65. The fourth-order valence-corrected chi connectivity index (χ4v) is 2.32. The lowest BCUT2D eigenvalue weighted by Crippen LogP contribution is -2.00. The van der Waals surface area contributed by atoms with Gasteiger partial charge in [-0.1, -0.05) is 54.6 Å². The van der Waals surface area contributed by atoms with Crippen molar-refractivity contribution in [2.24, 2.45) is 4.99 Å². The molecule has 3 rings (SSSR count). The van der Waals surface area contributed by atoms with E-state index in [1.54, 1.807) is 0 Å². The van der Waals surface area contributed by atoms with E-state index in [2.05, 4.69) is 53.5 Å². The van der Waals surface area contributed by atoms with Gasteiger partial charge in [-0.15, -0.1) is 0 Å². The highest BCUT2D eigenvalue weighted by Crippen LogP contribution is 2.32. The first-order valence-electron chi connectivity index (χ1n) is 6.16. The summed E-state index contributed by atoms with van der Waals surface area (Å²) in [5, 5.41) is 0. The molecular weight excluding hydrogens is 222 g/mol. The molecule has 0 aromatic heterocycles. The van der Waals surface area contributed by atoms with Crippen molar-refractivity contribution >= 4 is 5.90 Å². The largest absolute Gasteiger partial charge is 0.479 e. The van der Waals surface area contributed by atoms with Crippen LogP contribution < -0.4 is 0 Å². The SMILES string of the molecule is CC1=N[C@@H](c2ccccc2-c2ccccc2)CO1. The molecule has 0 N–H and O–H groups in total. The lowest BCUT2D eigenvalue weighted by molar-refractivity contribution is 0.317. The first-order valence-corrected chi connectivity index (χ1v) is 6.16. The Morgan fingerprint density at radius 3 is 2.44 bits per heavy atom. The summed E-state index contributed by atoms with van der Waals surface area (Å²) in [5.74, 6) is 0.780. The molecule has 1 atom stereocenters. The zero-order valence-corrected chi connectivity index (χ0v) is 10.3. The smallest absolute Gasteiger partial charge is 0.180 e. The zero-order chi connectivity index (χ0) is 12.4. The van der Waals surface area contributed by atoms with E-state index in [4.69, 9.17) is 4.74 Å². The van der Waals surface area contributed by atoms with Crippen molar-refractivity contribution in [3.05, 3.63) is 60.2 Å². The maximum Gasteiger partial charge on any atom is 0.180 e. The summed E-state index contributed by atoms with van der Waals surface area (Å²) < 4.78 is 5.46. The van der Waals surface area contributed by atoms with Gasteiger partial charge in [-0.3, -0.25) is 0 Å². The molecule has 0 aliphatic carbocycles. The monoisotopic (exact) mass is 237 g/mol. The van der Waals surface area contributed by atoms with Crippen LogP contribution in [0.3, 0.4) is 0 Å². The molecule has 90 valence electrons. The fraction of sp³-hybridized carbons (Fsp3) is 0.188. The van der Waals surface area contributed by atoms with Crippen LogP contribution in [0, 0.1) is 0 Å². The number of hydrogen-bond donors (Lipinski definition) is 0. The molecule has 2 aromatic rings. The Kier molecular flexibility index (Phi) is 2.85. The third-order valence-corrected chi connectivity index (χ3v) is 3.19. The minimum atomic E-state index is 0.126. The van der Waals surface area contributed by atoms with Gasteiger partial charge in [0.25, 0.3) is 0 Å². The van der Waals surface area contributed by atoms with Crippen LogP contribution in [-0.4, -0.2) is 12.5 Å². The second-order valence-electron chi connectivity index (χ2n) is 4.43. The number of hydrogen-bond acceptors (Lipinski definition) is 2. The molecule has 1 heterocycles. The van der Waals surface area contributed by atoms with E-state index in [-0.39, 0.29) is 6.04 Å². The Hall–Kier alpha value is -2.09. The molecule has 2 aromatic carbocycles. The standard InChI is InChI=1S/C16H15NO/c1-12-17-16(11-18-12)15-10-6-5-9-14(15)13-7-3-2-4-8-13/h2-10,16H,11H2,1H3/t16-/m1/s1. The summed E-state index contributed by atoms with van der Waals surface area (Å²) in [6, 6.07) is 19.0. The van der Waals surface area contributed by atoms with Crippen LogP contribution in [0.25, 0.3) is 11.1 Å². The van der Waals surface area contributed by atoms with Gasteiger partial charge in [0.1, 0.15) is 12.6 Å². The van der Waals surface area contributed by atoms with Gasteiger partial charge in [-0.2, -0.15) is 0 Å². The highest BCUT2D eigenvalue weighted by Gasteiger charge is 2.20. The van der Waals surface area contributed by atoms with Crippen LogP contribution in [0.5, 0.6) is 0 Å². The lowest BCUT2D eigenvalue weighted by atomic mass is 9.95. The van der Waals surface area contributed by atoms with E-state index in [1.165, 1.54) is 16.7 Å². The molecule has 2 heteroatoms. The van der Waals surface area contributed by atoms with Crippen molar-refractivity contribution in [2.45, 2.75) is 13.0 Å². The van der Waals surface area contributed by atoms with E-state index in [0.29, 0.717) is 6.61 Å². The summed E-state index contributed by atoms with van der Waals surface area (Å²) >= 11 is 0. The van der Waals surface area contributed by atoms with Crippen molar-refractivity contribution in [3.63, 3.8) is 0 Å². The maximum atomic E-state index is 5.46. The molecule has 18 heavy (non-hydrogen) atoms. The average molecular weight is 237 g/mol. The van der Waals surface area contributed by atoms with Crippen LogP contribution in [0.15, 0.2) is 59.6 Å². The van der Waals surface area contributed by atoms with Crippen molar-refractivity contribution < 1.29 is 4.74 Å². The summed E-state index contributed by atoms with van der Waals surface area (Å²) in [7, 11) is 0. The molecule has 0 saturated heterocycles. The Labute approximate surface area is 107 Å². The van der Waals surface area contributed by atoms with Gasteiger partial charge < -0.3 is 4.74 Å². The second-order valence-corrected chi connectivity index (χ2v) is 4.43. The van der Waals surface area contributed by atoms with Crippen molar-refractivity contribution in [3.8, 4) is 11.1 Å². The van der Waals surface area contributed by atoms with E-state index >= 15 is 0 Å². The van der Waals surface area contributed by atoms with Crippen molar-refractivity contribution in [1.29, 1.82) is 0 Å². The predicted molar refractivity (Wildman–Crippen MR) is 73.7 cm³/mol. The highest BCUT2D eigenvalue weighted by molar-refractivity contribution is 5.76. The van der Waals surface area contributed by atoms with Crippen LogP contribution >= 0.6 is 0 Å². The quantitative estimate of drug-likeness (QED) is 0.777. The van der Waals surface area contributed by atoms with Gasteiger partial charge in [0, 0.05) is 6.92 Å². The van der Waals surface area contributed by atoms with Crippen molar-refractivity contribution in [1.82, 2.24) is 0 Å². The molecule has 0 bridgehead atoms. The summed E-state index contributed by atoms with van der Waals surface area (Å²) in [4.78, 5) is 4.54. The third kappa shape index (κ3) is 2.02. The summed E-state index contributed by atoms with van der Waals surface area (Å²) in [6.07, 6.45) is 0. The normalized spacial score (nSPS) is 18.3. The number of benzene rings is 2. The number of rotatable bonds is 2. The molecule has 0 fully saturated rings. The molecule has 1 aliphatic rings. The lowest BCUT2D eigenvalue weighted by Gasteiger charge is -2.12. The fourth-order valence-electron chi connectivity index (χ4n) is 2.32. The summed E-state index contributed by atoms with van der Waals surface area (Å²) in [6.45, 7) is 2.56. The molecule has 0 saturated carbocycles. The number of aliphatic imine (C=N–C) groups is 1. The minimum absolute atomic E-state index is 0.126. The maximum absolute atomic E-state index is 5.46. The molecule has 2 nitrogen and oxygen atoms in total. The van der Waals surface area contributed by atoms with Gasteiger partial charge in [-0.05, 0) is 16.7 Å². The Morgan fingerprint density at radius 1 is 1.00 bits per heavy atom. The molecule has 0 spiro atoms. The number of nitrogens with zero attached hydrogens (tertiary/aromatic N) is 1. The number of ether oxygens (including phenoxy) is 1. The van der Waals surface area contributed by atoms with Gasteiger partial charge in [0.15, 0.2) is 5.90 Å². The Morgan fingerprint density at radius 2 is 1.72 bits per heavy atom. The van der Waals surface area contributed by atoms with Gasteiger partial charge in [-0.25, -0.2) is 4.99 Å². The molecule has 0 radical (unpaired) electrons. The first kappa shape index (κ1) is 11.0. The third-order valence-electron chi connectivity index (χ3n) is 3.19. The van der Waals surface area contributed by atoms with E-state index < -0.39 is 0 Å². The van der Waals surface area contributed by atoms with Crippen LogP contribution in [0.1, 0.15) is 18.5 Å². The van der Waals surface area contributed by atoms with Crippen LogP contribution in [-0.2, 0) is 4.74 Å². The zero-order valence-electron chi connectivity index (χ0n) is 10.3. The average Bonchev–Trinajstić information content (AvgIpc) is 2.86. The van der Waals surface area contributed by atoms with Crippen LogP contribution in [0.4, 0.5) is 0 Å². The van der Waals surface area contributed by atoms with E-state index in [0.717, 1.165) is 5.90 Å². The van der Waals surface area contributed by atoms with Gasteiger partial charge in [0.2, 0.25) is 0 Å². The van der Waals surface area contributed by atoms with Gasteiger partial charge in [0.05, 0.1) is 0 Å². The minimum Gasteiger partial charge on any atom is -0.479 e. The molecule has 0 unspecified atom stereocenters. The Bertz CT molecular complexity index is 575. The summed E-state index contributed by atoms with van der Waals surface area (Å²) in [5.41, 5.74) is 3.71. The van der Waals surface area contributed by atoms with Gasteiger partial charge >= 0.3 is 0 Å². The molecule has 0 amide bonds. The molecular formula is C16H15NO. The molecule has 1 aliphatic heterocycles. The highest BCUT2D eigenvalue weighted by atomic mass is 16.5. The first-order chi connectivity index (χ1) is 8.84. The van der Waals surface area contributed by atoms with Crippen molar-refractivity contribution in [2.75, 3.05) is 6.61 Å². The van der Waals surface area contributed by atoms with E-state index in [1.807, 2.05) is 13.0 Å². The predicted octanol–water partition coefficient (Wildman–Crippen LogP) is 3.84. The van der Waals surface area contributed by atoms with Crippen LogP contribution in [0.2, 0.25) is 0 Å². The topological polar surface area (TPSA) is 21.6 Å².